The number of rotatable bonds is 4. The Bertz CT molecular complexity index is 310. The van der Waals surface area contributed by atoms with Crippen molar-refractivity contribution in [1.29, 1.82) is 0 Å². The molecule has 0 aromatic heterocycles. The first kappa shape index (κ1) is 10.6. The Hall–Kier alpha value is -1.50. The van der Waals surface area contributed by atoms with Gasteiger partial charge in [-0.15, -0.1) is 5.17 Å². The van der Waals surface area contributed by atoms with Crippen molar-refractivity contribution >= 4 is 5.69 Å². The van der Waals surface area contributed by atoms with E-state index < -0.39 is 4.92 Å². The molecule has 6 nitrogen and oxygen atoms in total. The van der Waals surface area contributed by atoms with Gasteiger partial charge in [-0.2, -0.15) is 0 Å². The van der Waals surface area contributed by atoms with Gasteiger partial charge in [0.25, 0.3) is 5.69 Å². The largest absolute Gasteiger partial charge is 0.299 e. The first-order chi connectivity index (χ1) is 6.59. The van der Waals surface area contributed by atoms with Crippen LogP contribution in [0.3, 0.4) is 0 Å². The molecule has 0 saturated carbocycles. The molecule has 1 rings (SSSR count). The number of nitrogens with one attached hydrogen (secondary N) is 1. The van der Waals surface area contributed by atoms with E-state index in [-0.39, 0.29) is 5.69 Å². The lowest BCUT2D eigenvalue weighted by molar-refractivity contribution is -0.384. The fourth-order valence-electron chi connectivity index (χ4n) is 0.941. The molecule has 0 spiro atoms. The highest BCUT2D eigenvalue weighted by Crippen LogP contribution is 2.11. The maximum atomic E-state index is 10.3. The van der Waals surface area contributed by atoms with E-state index in [0.717, 1.165) is 10.7 Å². The summed E-state index contributed by atoms with van der Waals surface area (Å²) >= 11 is 0. The van der Waals surface area contributed by atoms with Crippen molar-refractivity contribution in [3.05, 3.63) is 39.9 Å². The number of hydrogen-bond donors (Lipinski definition) is 2. The fourth-order valence-corrected chi connectivity index (χ4v) is 0.941. The van der Waals surface area contributed by atoms with Crippen molar-refractivity contribution in [2.24, 2.45) is 0 Å². The molecule has 0 radical (unpaired) electrons. The van der Waals surface area contributed by atoms with E-state index in [2.05, 4.69) is 5.43 Å². The SMILES string of the molecule is CN(O)NCc1ccc([N+](=O)[O-])cc1. The minimum Gasteiger partial charge on any atom is -0.299 e. The normalized spacial score (nSPS) is 10.5. The van der Waals surface area contributed by atoms with Crippen molar-refractivity contribution in [2.45, 2.75) is 6.54 Å². The van der Waals surface area contributed by atoms with Crippen LogP contribution in [0.1, 0.15) is 5.56 Å². The second-order valence-corrected chi connectivity index (χ2v) is 2.78. The predicted octanol–water partition coefficient (Wildman–Crippen LogP) is 0.920. The number of hydroxylamine groups is 1. The van der Waals surface area contributed by atoms with Gasteiger partial charge in [0.15, 0.2) is 0 Å². The molecule has 0 aliphatic rings. The van der Waals surface area contributed by atoms with Crippen molar-refractivity contribution in [3.63, 3.8) is 0 Å². The number of nitro benzene ring substituents is 1. The molecule has 0 fully saturated rings. The molecule has 0 heterocycles. The van der Waals surface area contributed by atoms with Gasteiger partial charge in [-0.1, -0.05) is 12.1 Å². The topological polar surface area (TPSA) is 78.6 Å². The summed E-state index contributed by atoms with van der Waals surface area (Å²) in [4.78, 5) is 9.87. The molecule has 76 valence electrons. The highest BCUT2D eigenvalue weighted by molar-refractivity contribution is 5.32. The minimum atomic E-state index is -0.449. The Balaban J connectivity index is 2.60. The lowest BCUT2D eigenvalue weighted by Gasteiger charge is -2.09. The van der Waals surface area contributed by atoms with E-state index in [4.69, 9.17) is 5.21 Å². The summed E-state index contributed by atoms with van der Waals surface area (Å²) in [6.45, 7) is 0.422. The van der Waals surface area contributed by atoms with Crippen LogP contribution in [-0.4, -0.2) is 22.4 Å². The lowest BCUT2D eigenvalue weighted by Crippen LogP contribution is -2.30. The second-order valence-electron chi connectivity index (χ2n) is 2.78. The zero-order valence-corrected chi connectivity index (χ0v) is 7.67. The van der Waals surface area contributed by atoms with Crippen LogP contribution >= 0.6 is 0 Å². The third-order valence-electron chi connectivity index (χ3n) is 1.66. The molecule has 0 amide bonds. The van der Waals surface area contributed by atoms with Crippen LogP contribution in [0, 0.1) is 10.1 Å². The molecular formula is C8H11N3O3. The Labute approximate surface area is 80.8 Å². The minimum absolute atomic E-state index is 0.0612. The van der Waals surface area contributed by atoms with Crippen molar-refractivity contribution in [1.82, 2.24) is 10.6 Å². The quantitative estimate of drug-likeness (QED) is 0.554. The van der Waals surface area contributed by atoms with E-state index >= 15 is 0 Å². The van der Waals surface area contributed by atoms with Crippen LogP contribution in [0.4, 0.5) is 5.69 Å². The summed E-state index contributed by atoms with van der Waals surface area (Å²) in [6, 6.07) is 6.12. The van der Waals surface area contributed by atoms with Gasteiger partial charge in [0.05, 0.1) is 4.92 Å². The summed E-state index contributed by atoms with van der Waals surface area (Å²) < 4.78 is 0. The zero-order chi connectivity index (χ0) is 10.6. The van der Waals surface area contributed by atoms with Crippen molar-refractivity contribution in [3.8, 4) is 0 Å². The zero-order valence-electron chi connectivity index (χ0n) is 7.67. The molecule has 0 unspecified atom stereocenters. The van der Waals surface area contributed by atoms with Crippen LogP contribution in [-0.2, 0) is 6.54 Å². The van der Waals surface area contributed by atoms with E-state index in [1.54, 1.807) is 12.1 Å². The van der Waals surface area contributed by atoms with Crippen LogP contribution in [0.15, 0.2) is 24.3 Å². The Morgan fingerprint density at radius 1 is 1.50 bits per heavy atom. The number of non-ortho nitro benzene ring substituents is 1. The monoisotopic (exact) mass is 197 g/mol. The summed E-state index contributed by atoms with van der Waals surface area (Å²) in [5.74, 6) is 0. The van der Waals surface area contributed by atoms with Crippen LogP contribution in [0.25, 0.3) is 0 Å². The summed E-state index contributed by atoms with van der Waals surface area (Å²) in [6.07, 6.45) is 0. The third kappa shape index (κ3) is 3.09. The van der Waals surface area contributed by atoms with Gasteiger partial charge in [-0.25, -0.2) is 5.43 Å². The molecular weight excluding hydrogens is 186 g/mol. The van der Waals surface area contributed by atoms with Gasteiger partial charge in [-0.3, -0.25) is 15.3 Å². The molecule has 0 saturated heterocycles. The van der Waals surface area contributed by atoms with Gasteiger partial charge >= 0.3 is 0 Å². The van der Waals surface area contributed by atoms with Crippen LogP contribution < -0.4 is 5.43 Å². The maximum absolute atomic E-state index is 10.3. The van der Waals surface area contributed by atoms with Gasteiger partial charge < -0.3 is 0 Å². The van der Waals surface area contributed by atoms with Gasteiger partial charge in [-0.05, 0) is 5.56 Å². The van der Waals surface area contributed by atoms with Crippen LogP contribution in [0.2, 0.25) is 0 Å². The number of hydrogen-bond acceptors (Lipinski definition) is 5. The van der Waals surface area contributed by atoms with E-state index in [1.807, 2.05) is 0 Å². The Kier molecular flexibility index (Phi) is 3.52. The molecule has 0 atom stereocenters. The number of nitro groups is 1. The first-order valence-electron chi connectivity index (χ1n) is 3.99. The van der Waals surface area contributed by atoms with Gasteiger partial charge in [0.1, 0.15) is 0 Å². The molecule has 0 aliphatic carbocycles. The van der Waals surface area contributed by atoms with Gasteiger partial charge in [0.2, 0.25) is 0 Å². The summed E-state index contributed by atoms with van der Waals surface area (Å²) in [7, 11) is 1.45. The fraction of sp³-hybridized carbons (Fsp3) is 0.250. The highest BCUT2D eigenvalue weighted by Gasteiger charge is 2.03. The third-order valence-corrected chi connectivity index (χ3v) is 1.66. The average molecular weight is 197 g/mol. The average Bonchev–Trinajstić information content (AvgIpc) is 2.15. The molecule has 0 bridgehead atoms. The maximum Gasteiger partial charge on any atom is 0.269 e. The highest BCUT2D eigenvalue weighted by atomic mass is 16.6. The van der Waals surface area contributed by atoms with E-state index in [0.29, 0.717) is 6.54 Å². The smallest absolute Gasteiger partial charge is 0.269 e. The molecule has 14 heavy (non-hydrogen) atoms. The number of benzene rings is 1. The number of hydrazine groups is 1. The lowest BCUT2D eigenvalue weighted by atomic mass is 10.2. The predicted molar refractivity (Wildman–Crippen MR) is 49.5 cm³/mol. The molecule has 2 N–H and O–H groups in total. The van der Waals surface area contributed by atoms with E-state index in [1.165, 1.54) is 19.2 Å². The van der Waals surface area contributed by atoms with E-state index in [9.17, 15) is 10.1 Å². The Morgan fingerprint density at radius 3 is 2.50 bits per heavy atom. The molecule has 6 heteroatoms. The summed E-state index contributed by atoms with van der Waals surface area (Å²) in [5.41, 5.74) is 3.55. The van der Waals surface area contributed by atoms with Crippen LogP contribution in [0.5, 0.6) is 0 Å². The van der Waals surface area contributed by atoms with Gasteiger partial charge in [0, 0.05) is 25.7 Å². The van der Waals surface area contributed by atoms with Crippen molar-refractivity contribution in [2.75, 3.05) is 7.05 Å². The molecule has 0 aliphatic heterocycles. The second kappa shape index (κ2) is 4.66. The number of nitrogens with zero attached hydrogens (tertiary/aromatic N) is 2. The summed E-state index contributed by atoms with van der Waals surface area (Å²) in [5, 5.41) is 19.9. The van der Waals surface area contributed by atoms with Crippen molar-refractivity contribution < 1.29 is 10.1 Å². The Morgan fingerprint density at radius 2 is 2.07 bits per heavy atom. The molecule has 1 aromatic carbocycles. The standard InChI is InChI=1S/C8H11N3O3/c1-10(12)9-6-7-2-4-8(5-3-7)11(13)14/h2-5,9,12H,6H2,1H3. The first-order valence-corrected chi connectivity index (χ1v) is 3.99. The molecule has 1 aromatic rings.